The Labute approximate surface area is 147 Å². The molecular weight excluding hydrogens is 296 g/mol. The SMILES string of the molecule is CCCC1CC2CC(=O)CC[C@]2(C)C2CC[C@]3(C)C(=[OH+])CCC3C12. The maximum atomic E-state index is 12.1. The van der Waals surface area contributed by atoms with Crippen LogP contribution in [0.5, 0.6) is 0 Å². The summed E-state index contributed by atoms with van der Waals surface area (Å²) in [5.41, 5.74) is 0.462. The Bertz CT molecular complexity index is 552. The first-order valence-electron chi connectivity index (χ1n) is 10.5. The van der Waals surface area contributed by atoms with Gasteiger partial charge >= 0.3 is 0 Å². The first-order valence-corrected chi connectivity index (χ1v) is 10.5. The molecular formula is C22H35O2+. The second kappa shape index (κ2) is 5.68. The highest BCUT2D eigenvalue weighted by atomic mass is 16.1. The number of hydrogen-bond donors (Lipinski definition) is 0. The van der Waals surface area contributed by atoms with Crippen molar-refractivity contribution in [2.45, 2.75) is 85.0 Å². The zero-order chi connectivity index (χ0) is 17.1. The Hall–Kier alpha value is -0.660. The molecule has 4 aliphatic rings. The summed E-state index contributed by atoms with van der Waals surface area (Å²) in [7, 11) is 0. The number of hydrogen-bond acceptors (Lipinski definition) is 1. The smallest absolute Gasteiger partial charge is 0.299 e. The fourth-order valence-corrected chi connectivity index (χ4v) is 7.68. The van der Waals surface area contributed by atoms with Gasteiger partial charge in [0.05, 0.1) is 11.8 Å². The topological polar surface area (TPSA) is 38.5 Å². The van der Waals surface area contributed by atoms with E-state index >= 15 is 0 Å². The molecule has 2 nitrogen and oxygen atoms in total. The third kappa shape index (κ3) is 2.20. The molecule has 0 radical (unpaired) electrons. The fraction of sp³-hybridized carbons (Fsp3) is 0.909. The molecule has 7 atom stereocenters. The van der Waals surface area contributed by atoms with Crippen molar-refractivity contribution < 1.29 is 9.59 Å². The van der Waals surface area contributed by atoms with Gasteiger partial charge in [-0.15, -0.1) is 0 Å². The van der Waals surface area contributed by atoms with Crippen molar-refractivity contribution >= 4 is 11.6 Å². The Balaban J connectivity index is 1.71. The molecule has 0 amide bonds. The predicted octanol–water partition coefficient (Wildman–Crippen LogP) is 5.17. The third-order valence-electron chi connectivity index (χ3n) is 9.06. The average molecular weight is 332 g/mol. The van der Waals surface area contributed by atoms with Crippen LogP contribution < -0.4 is 0 Å². The van der Waals surface area contributed by atoms with Gasteiger partial charge in [0.25, 0.3) is 5.78 Å². The first-order chi connectivity index (χ1) is 11.4. The predicted molar refractivity (Wildman–Crippen MR) is 97.5 cm³/mol. The lowest BCUT2D eigenvalue weighted by Crippen LogP contribution is -2.56. The lowest BCUT2D eigenvalue weighted by Gasteiger charge is -2.61. The molecule has 4 aliphatic carbocycles. The fourth-order valence-electron chi connectivity index (χ4n) is 7.68. The van der Waals surface area contributed by atoms with Crippen molar-refractivity contribution in [2.24, 2.45) is 40.4 Å². The summed E-state index contributed by atoms with van der Waals surface area (Å²) in [5.74, 6) is 4.96. The molecule has 0 aromatic rings. The van der Waals surface area contributed by atoms with Crippen molar-refractivity contribution in [1.29, 1.82) is 0 Å². The lowest BCUT2D eigenvalue weighted by molar-refractivity contribution is -0.146. The maximum Gasteiger partial charge on any atom is 0.299 e. The molecule has 5 unspecified atom stereocenters. The molecule has 4 saturated carbocycles. The molecule has 0 aromatic carbocycles. The summed E-state index contributed by atoms with van der Waals surface area (Å²) in [4.78, 5) is 22.7. The molecule has 1 N–H and O–H groups in total. The van der Waals surface area contributed by atoms with E-state index < -0.39 is 0 Å². The van der Waals surface area contributed by atoms with E-state index in [0.717, 1.165) is 49.2 Å². The number of Topliss-reactive ketones (excluding diaryl/α,β-unsaturated/α-hetero) is 1. The Morgan fingerprint density at radius 1 is 1.12 bits per heavy atom. The largest absolute Gasteiger partial charge is 0.300 e. The molecule has 134 valence electrons. The number of fused-ring (bicyclic) bond motifs is 5. The highest BCUT2D eigenvalue weighted by Crippen LogP contribution is 2.67. The average Bonchev–Trinajstić information content (AvgIpc) is 2.85. The van der Waals surface area contributed by atoms with Crippen LogP contribution in [0.3, 0.4) is 0 Å². The number of carbonyl (C=O) groups excluding carboxylic acids is 2. The van der Waals surface area contributed by atoms with E-state index in [1.807, 2.05) is 0 Å². The highest BCUT2D eigenvalue weighted by Gasteiger charge is 2.64. The van der Waals surface area contributed by atoms with Gasteiger partial charge in [-0.1, -0.05) is 26.7 Å². The summed E-state index contributed by atoms with van der Waals surface area (Å²) in [5, 5.41) is 0. The van der Waals surface area contributed by atoms with Gasteiger partial charge in [-0.2, -0.15) is 0 Å². The van der Waals surface area contributed by atoms with Gasteiger partial charge in [-0.3, -0.25) is 9.59 Å². The third-order valence-corrected chi connectivity index (χ3v) is 9.06. The minimum absolute atomic E-state index is 0.0842. The van der Waals surface area contributed by atoms with E-state index in [1.54, 1.807) is 0 Å². The minimum atomic E-state index is 0.0842. The van der Waals surface area contributed by atoms with Crippen LogP contribution in [0, 0.1) is 40.4 Å². The summed E-state index contributed by atoms with van der Waals surface area (Å²) < 4.78 is 0. The van der Waals surface area contributed by atoms with Crippen molar-refractivity contribution in [3.63, 3.8) is 0 Å². The van der Waals surface area contributed by atoms with Gasteiger partial charge in [-0.25, -0.2) is 0 Å². The number of ketones is 2. The minimum Gasteiger partial charge on any atom is -0.300 e. The summed E-state index contributed by atoms with van der Waals surface area (Å²) in [6.45, 7) is 7.18. The van der Waals surface area contributed by atoms with E-state index in [4.69, 9.17) is 0 Å². The van der Waals surface area contributed by atoms with Gasteiger partial charge in [-0.05, 0) is 74.0 Å². The Morgan fingerprint density at radius 2 is 1.92 bits per heavy atom. The first kappa shape index (κ1) is 16.8. The maximum absolute atomic E-state index is 12.1. The van der Waals surface area contributed by atoms with Crippen molar-refractivity contribution in [1.82, 2.24) is 0 Å². The molecule has 0 aliphatic heterocycles. The number of carbonyl (C=O) groups is 1. The molecule has 0 bridgehead atoms. The molecule has 4 fully saturated rings. The van der Waals surface area contributed by atoms with Gasteiger partial charge < -0.3 is 0 Å². The molecule has 24 heavy (non-hydrogen) atoms. The van der Waals surface area contributed by atoms with Crippen LogP contribution in [0.1, 0.15) is 85.0 Å². The van der Waals surface area contributed by atoms with Crippen molar-refractivity contribution in [3.05, 3.63) is 0 Å². The quantitative estimate of drug-likeness (QED) is 0.643. The van der Waals surface area contributed by atoms with Crippen LogP contribution in [0.25, 0.3) is 0 Å². The monoisotopic (exact) mass is 331 g/mol. The standard InChI is InChI=1S/C22H34O2/c1-4-5-14-12-15-13-16(23)8-10-21(15,2)18-9-11-22(3)17(20(14)18)6-7-19(22)24/h14-15,17-18,20H,4-13H2,1-3H3/p+1/t14?,15?,17?,18?,20?,21-,22-/m0/s1. The van der Waals surface area contributed by atoms with E-state index in [9.17, 15) is 9.59 Å². The van der Waals surface area contributed by atoms with Crippen LogP contribution in [0.15, 0.2) is 0 Å². The highest BCUT2D eigenvalue weighted by molar-refractivity contribution is 5.88. The van der Waals surface area contributed by atoms with Gasteiger partial charge in [0.15, 0.2) is 0 Å². The van der Waals surface area contributed by atoms with E-state index in [2.05, 4.69) is 20.8 Å². The summed E-state index contributed by atoms with van der Waals surface area (Å²) in [6, 6.07) is 0. The van der Waals surface area contributed by atoms with Gasteiger partial charge in [0.1, 0.15) is 5.78 Å². The molecule has 0 spiro atoms. The lowest BCUT2D eigenvalue weighted by atomic mass is 9.42. The van der Waals surface area contributed by atoms with Gasteiger partial charge in [0, 0.05) is 12.8 Å². The van der Waals surface area contributed by atoms with Gasteiger partial charge in [0.2, 0.25) is 0 Å². The zero-order valence-electron chi connectivity index (χ0n) is 15.8. The molecule has 4 rings (SSSR count). The van der Waals surface area contributed by atoms with Crippen molar-refractivity contribution in [3.8, 4) is 0 Å². The van der Waals surface area contributed by atoms with E-state index in [-0.39, 0.29) is 5.41 Å². The Kier molecular flexibility index (Phi) is 3.97. The number of rotatable bonds is 2. The van der Waals surface area contributed by atoms with Crippen LogP contribution in [0.4, 0.5) is 0 Å². The second-order valence-corrected chi connectivity index (χ2v) is 9.96. The molecule has 0 heterocycles. The van der Waals surface area contributed by atoms with E-state index in [1.165, 1.54) is 38.5 Å². The summed E-state index contributed by atoms with van der Waals surface area (Å²) >= 11 is 0. The second-order valence-electron chi connectivity index (χ2n) is 9.96. The van der Waals surface area contributed by atoms with Crippen molar-refractivity contribution in [2.75, 3.05) is 0 Å². The van der Waals surface area contributed by atoms with Crippen LogP contribution in [-0.4, -0.2) is 16.4 Å². The molecule has 0 saturated heterocycles. The van der Waals surface area contributed by atoms with Crippen LogP contribution in [-0.2, 0) is 4.79 Å². The van der Waals surface area contributed by atoms with Crippen LogP contribution in [0.2, 0.25) is 0 Å². The molecule has 2 heteroatoms. The zero-order valence-corrected chi connectivity index (χ0v) is 15.8. The van der Waals surface area contributed by atoms with E-state index in [0.29, 0.717) is 23.0 Å². The Morgan fingerprint density at radius 3 is 2.67 bits per heavy atom. The van der Waals surface area contributed by atoms with Crippen LogP contribution >= 0.6 is 0 Å². The molecule has 0 aromatic heterocycles. The normalized spacial score (nSPS) is 51.0. The summed E-state index contributed by atoms with van der Waals surface area (Å²) in [6.07, 6.45) is 11.2.